The number of aliphatic hydroxyl groups excluding tert-OH is 1. The monoisotopic (exact) mass is 408 g/mol. The molecule has 6 nitrogen and oxygen atoms in total. The molecule has 8 heteroatoms. The van der Waals surface area contributed by atoms with E-state index < -0.39 is 10.0 Å². The molecule has 0 bridgehead atoms. The van der Waals surface area contributed by atoms with Gasteiger partial charge in [0, 0.05) is 10.6 Å². The Balaban J connectivity index is 1.74. The lowest BCUT2D eigenvalue weighted by Gasteiger charge is -2.21. The van der Waals surface area contributed by atoms with E-state index >= 15 is 0 Å². The summed E-state index contributed by atoms with van der Waals surface area (Å²) in [5.41, 5.74) is 3.08. The predicted octanol–water partition coefficient (Wildman–Crippen LogP) is 2.52. The number of sulfonamides is 1. The van der Waals surface area contributed by atoms with E-state index in [0.29, 0.717) is 16.3 Å². The normalized spacial score (nSPS) is 16.0. The maximum Gasteiger partial charge on any atom is 0.251 e. The quantitative estimate of drug-likeness (QED) is 0.768. The minimum atomic E-state index is -3.51. The molecule has 3 rings (SSSR count). The minimum absolute atomic E-state index is 0.0359. The Hall–Kier alpha value is -2.09. The van der Waals surface area contributed by atoms with Gasteiger partial charge >= 0.3 is 0 Å². The van der Waals surface area contributed by atoms with Crippen molar-refractivity contribution in [3.63, 3.8) is 0 Å². The van der Waals surface area contributed by atoms with Crippen LogP contribution in [0.15, 0.2) is 42.5 Å². The van der Waals surface area contributed by atoms with Crippen molar-refractivity contribution < 1.29 is 18.3 Å². The molecule has 0 radical (unpaired) electrons. The number of carbonyl (C=O) groups excluding carboxylic acids is 1. The lowest BCUT2D eigenvalue weighted by atomic mass is 10.1. The number of hydrogen-bond donors (Lipinski definition) is 2. The topological polar surface area (TPSA) is 86.7 Å². The molecule has 0 spiro atoms. The Kier molecular flexibility index (Phi) is 5.74. The molecule has 0 fully saturated rings. The molecule has 0 unspecified atom stereocenters. The third kappa shape index (κ3) is 4.43. The average Bonchev–Trinajstić information content (AvgIpc) is 3.00. The van der Waals surface area contributed by atoms with E-state index in [1.807, 2.05) is 18.2 Å². The molecule has 0 saturated carbocycles. The third-order valence-corrected chi connectivity index (χ3v) is 6.04. The Morgan fingerprint density at radius 3 is 2.59 bits per heavy atom. The summed E-state index contributed by atoms with van der Waals surface area (Å²) >= 11 is 6.02. The first-order valence-corrected chi connectivity index (χ1v) is 10.8. The molecule has 27 heavy (non-hydrogen) atoms. The molecule has 1 aliphatic rings. The maximum atomic E-state index is 12.6. The fourth-order valence-corrected chi connectivity index (χ4v) is 4.45. The Bertz CT molecular complexity index is 945. The Labute approximate surface area is 163 Å². The minimum Gasteiger partial charge on any atom is -0.394 e. The second-order valence-electron chi connectivity index (χ2n) is 6.51. The van der Waals surface area contributed by atoms with Gasteiger partial charge < -0.3 is 10.4 Å². The highest BCUT2D eigenvalue weighted by molar-refractivity contribution is 7.92. The number of carbonyl (C=O) groups is 1. The molecular formula is C19H21ClN2O4S. The number of aryl methyl sites for hydroxylation is 1. The summed E-state index contributed by atoms with van der Waals surface area (Å²) in [7, 11) is -3.51. The smallest absolute Gasteiger partial charge is 0.251 e. The van der Waals surface area contributed by atoms with E-state index in [2.05, 4.69) is 5.32 Å². The van der Waals surface area contributed by atoms with Gasteiger partial charge in [-0.1, -0.05) is 17.7 Å². The van der Waals surface area contributed by atoms with Crippen molar-refractivity contribution in [2.24, 2.45) is 0 Å². The third-order valence-electron chi connectivity index (χ3n) is 4.61. The summed E-state index contributed by atoms with van der Waals surface area (Å²) in [4.78, 5) is 12.6. The van der Waals surface area contributed by atoms with Crippen molar-refractivity contribution in [3.8, 4) is 0 Å². The zero-order valence-electron chi connectivity index (χ0n) is 14.9. The fourth-order valence-electron chi connectivity index (χ4n) is 3.33. The van der Waals surface area contributed by atoms with Crippen molar-refractivity contribution in [2.75, 3.05) is 23.7 Å². The predicted molar refractivity (Wildman–Crippen MR) is 106 cm³/mol. The molecule has 1 atom stereocenters. The van der Waals surface area contributed by atoms with Crippen molar-refractivity contribution in [3.05, 3.63) is 64.2 Å². The summed E-state index contributed by atoms with van der Waals surface area (Å²) in [6.07, 6.45) is 2.76. The van der Waals surface area contributed by atoms with Gasteiger partial charge in [-0.25, -0.2) is 8.42 Å². The number of hydrogen-bond acceptors (Lipinski definition) is 4. The molecule has 1 aliphatic carbocycles. The maximum absolute atomic E-state index is 12.6. The van der Waals surface area contributed by atoms with Gasteiger partial charge in [0.1, 0.15) is 0 Å². The van der Waals surface area contributed by atoms with E-state index in [-0.39, 0.29) is 25.1 Å². The van der Waals surface area contributed by atoms with Gasteiger partial charge in [0.25, 0.3) is 5.91 Å². The van der Waals surface area contributed by atoms with Crippen LogP contribution in [0.4, 0.5) is 5.69 Å². The van der Waals surface area contributed by atoms with Crippen LogP contribution in [0, 0.1) is 0 Å². The van der Waals surface area contributed by atoms with Gasteiger partial charge in [0.05, 0.1) is 31.1 Å². The number of nitrogens with zero attached hydrogens (tertiary/aromatic N) is 1. The number of amides is 1. The first kappa shape index (κ1) is 19.7. The lowest BCUT2D eigenvalue weighted by Crippen LogP contribution is -2.32. The fraction of sp³-hybridized carbons (Fsp3) is 0.316. The molecule has 0 aliphatic heterocycles. The van der Waals surface area contributed by atoms with Crippen LogP contribution in [0.25, 0.3) is 0 Å². The number of benzene rings is 2. The number of aliphatic hydroxyl groups is 1. The van der Waals surface area contributed by atoms with Crippen LogP contribution in [-0.2, 0) is 16.4 Å². The van der Waals surface area contributed by atoms with Crippen LogP contribution in [0.2, 0.25) is 5.02 Å². The highest BCUT2D eigenvalue weighted by Gasteiger charge is 2.24. The first-order chi connectivity index (χ1) is 12.8. The zero-order chi connectivity index (χ0) is 19.6. The van der Waals surface area contributed by atoms with E-state index in [1.165, 1.54) is 0 Å². The van der Waals surface area contributed by atoms with Crippen LogP contribution in [0.1, 0.15) is 33.9 Å². The molecule has 2 aromatic carbocycles. The van der Waals surface area contributed by atoms with E-state index in [4.69, 9.17) is 16.7 Å². The molecule has 0 aromatic heterocycles. The lowest BCUT2D eigenvalue weighted by molar-refractivity contribution is 0.0936. The summed E-state index contributed by atoms with van der Waals surface area (Å²) in [6, 6.07) is 11.9. The van der Waals surface area contributed by atoms with E-state index in [0.717, 1.165) is 34.5 Å². The standard InChI is InChI=1S/C19H21ClN2O4S/c1-27(25,26)22(10-11-23)16-6-2-13(3-7-16)19(24)21-18-9-4-14-12-15(20)5-8-17(14)18/h2-3,5-8,12,18,23H,4,9-11H2,1H3,(H,21,24)/t18-/m1/s1. The summed E-state index contributed by atoms with van der Waals surface area (Å²) in [5.74, 6) is -0.220. The summed E-state index contributed by atoms with van der Waals surface area (Å²) in [5, 5.41) is 12.8. The zero-order valence-corrected chi connectivity index (χ0v) is 16.4. The van der Waals surface area contributed by atoms with Crippen molar-refractivity contribution >= 4 is 33.2 Å². The average molecular weight is 409 g/mol. The highest BCUT2D eigenvalue weighted by atomic mass is 35.5. The number of rotatable bonds is 6. The molecule has 2 N–H and O–H groups in total. The van der Waals surface area contributed by atoms with Gasteiger partial charge in [-0.05, 0) is 60.4 Å². The number of nitrogens with one attached hydrogen (secondary N) is 1. The van der Waals surface area contributed by atoms with Gasteiger partial charge in [0.15, 0.2) is 0 Å². The van der Waals surface area contributed by atoms with E-state index in [1.54, 1.807) is 24.3 Å². The Morgan fingerprint density at radius 2 is 1.96 bits per heavy atom. The molecule has 2 aromatic rings. The first-order valence-electron chi connectivity index (χ1n) is 8.57. The second kappa shape index (κ2) is 7.88. The van der Waals surface area contributed by atoms with E-state index in [9.17, 15) is 13.2 Å². The van der Waals surface area contributed by atoms with Gasteiger partial charge in [-0.3, -0.25) is 9.10 Å². The van der Waals surface area contributed by atoms with Crippen LogP contribution in [-0.4, -0.2) is 38.8 Å². The van der Waals surface area contributed by atoms with Crippen LogP contribution in [0.3, 0.4) is 0 Å². The Morgan fingerprint density at radius 1 is 1.26 bits per heavy atom. The summed E-state index contributed by atoms with van der Waals surface area (Å²) < 4.78 is 24.8. The molecular weight excluding hydrogens is 388 g/mol. The van der Waals surface area contributed by atoms with Crippen LogP contribution < -0.4 is 9.62 Å². The largest absolute Gasteiger partial charge is 0.394 e. The second-order valence-corrected chi connectivity index (χ2v) is 8.86. The molecule has 0 heterocycles. The number of anilines is 1. The van der Waals surface area contributed by atoms with Crippen molar-refractivity contribution in [1.29, 1.82) is 0 Å². The van der Waals surface area contributed by atoms with Crippen LogP contribution >= 0.6 is 11.6 Å². The van der Waals surface area contributed by atoms with Gasteiger partial charge in [-0.2, -0.15) is 0 Å². The van der Waals surface area contributed by atoms with Crippen molar-refractivity contribution in [1.82, 2.24) is 5.32 Å². The number of fused-ring (bicyclic) bond motifs is 1. The van der Waals surface area contributed by atoms with Crippen LogP contribution in [0.5, 0.6) is 0 Å². The van der Waals surface area contributed by atoms with Gasteiger partial charge in [0.2, 0.25) is 10.0 Å². The molecule has 1 amide bonds. The molecule has 0 saturated heterocycles. The molecule has 144 valence electrons. The SMILES string of the molecule is CS(=O)(=O)N(CCO)c1ccc(C(=O)N[C@@H]2CCc3cc(Cl)ccc32)cc1. The van der Waals surface area contributed by atoms with Gasteiger partial charge in [-0.15, -0.1) is 0 Å². The summed E-state index contributed by atoms with van der Waals surface area (Å²) in [6.45, 7) is -0.327. The number of halogens is 1. The highest BCUT2D eigenvalue weighted by Crippen LogP contribution is 2.33. The van der Waals surface area contributed by atoms with Crippen molar-refractivity contribution in [2.45, 2.75) is 18.9 Å².